The molecule has 1 saturated heterocycles. The zero-order chi connectivity index (χ0) is 13.7. The number of rotatable bonds is 5. The van der Waals surface area contributed by atoms with Crippen LogP contribution in [0, 0.1) is 13.8 Å². The lowest BCUT2D eigenvalue weighted by Gasteiger charge is -2.32. The quantitative estimate of drug-likeness (QED) is 0.877. The van der Waals surface area contributed by atoms with Crippen molar-refractivity contribution >= 4 is 0 Å². The smallest absolute Gasteiger partial charge is 0.0731 e. The normalized spacial score (nSPS) is 21.3. The molecule has 2 rings (SSSR count). The zero-order valence-corrected chi connectivity index (χ0v) is 12.5. The first-order valence-corrected chi connectivity index (χ1v) is 7.62. The Morgan fingerprint density at radius 2 is 2.00 bits per heavy atom. The SMILES string of the molecule is CCNC(Cc1c(C)cccc1C)C1CCCCO1. The highest BCUT2D eigenvalue weighted by atomic mass is 16.5. The highest BCUT2D eigenvalue weighted by Gasteiger charge is 2.24. The number of aryl methyl sites for hydroxylation is 2. The van der Waals surface area contributed by atoms with E-state index in [1.54, 1.807) is 0 Å². The van der Waals surface area contributed by atoms with E-state index in [0.717, 1.165) is 19.6 Å². The predicted octanol–water partition coefficient (Wildman–Crippen LogP) is 3.39. The summed E-state index contributed by atoms with van der Waals surface area (Å²) in [6.45, 7) is 8.55. The molecule has 106 valence electrons. The maximum atomic E-state index is 5.98. The van der Waals surface area contributed by atoms with Crippen LogP contribution < -0.4 is 5.32 Å². The number of nitrogens with one attached hydrogen (secondary N) is 1. The van der Waals surface area contributed by atoms with Gasteiger partial charge in [0.2, 0.25) is 0 Å². The zero-order valence-electron chi connectivity index (χ0n) is 12.5. The summed E-state index contributed by atoms with van der Waals surface area (Å²) in [5.74, 6) is 0. The summed E-state index contributed by atoms with van der Waals surface area (Å²) in [6.07, 6.45) is 5.19. The van der Waals surface area contributed by atoms with E-state index in [1.807, 2.05) is 0 Å². The van der Waals surface area contributed by atoms with Crippen molar-refractivity contribution in [1.82, 2.24) is 5.32 Å². The van der Waals surface area contributed by atoms with Gasteiger partial charge in [0, 0.05) is 12.6 Å². The molecule has 0 saturated carbocycles. The molecular weight excluding hydrogens is 234 g/mol. The molecule has 1 aliphatic heterocycles. The van der Waals surface area contributed by atoms with E-state index in [1.165, 1.54) is 36.0 Å². The van der Waals surface area contributed by atoms with Crippen LogP contribution >= 0.6 is 0 Å². The molecule has 2 atom stereocenters. The fourth-order valence-corrected chi connectivity index (χ4v) is 3.07. The van der Waals surface area contributed by atoms with Gasteiger partial charge in [0.05, 0.1) is 6.10 Å². The lowest BCUT2D eigenvalue weighted by Crippen LogP contribution is -2.44. The van der Waals surface area contributed by atoms with Gasteiger partial charge in [-0.3, -0.25) is 0 Å². The Morgan fingerprint density at radius 1 is 1.26 bits per heavy atom. The largest absolute Gasteiger partial charge is 0.377 e. The number of ether oxygens (including phenoxy) is 1. The summed E-state index contributed by atoms with van der Waals surface area (Å²) in [6, 6.07) is 7.03. The molecule has 0 radical (unpaired) electrons. The summed E-state index contributed by atoms with van der Waals surface area (Å²) < 4.78 is 5.98. The van der Waals surface area contributed by atoms with E-state index in [4.69, 9.17) is 4.74 Å². The highest BCUT2D eigenvalue weighted by molar-refractivity contribution is 5.34. The van der Waals surface area contributed by atoms with Crippen molar-refractivity contribution in [2.24, 2.45) is 0 Å². The fourth-order valence-electron chi connectivity index (χ4n) is 3.07. The van der Waals surface area contributed by atoms with Crippen LogP contribution in [-0.2, 0) is 11.2 Å². The van der Waals surface area contributed by atoms with E-state index in [2.05, 4.69) is 44.3 Å². The first kappa shape index (κ1) is 14.5. The molecule has 2 unspecified atom stereocenters. The van der Waals surface area contributed by atoms with E-state index >= 15 is 0 Å². The Balaban J connectivity index is 2.11. The molecule has 19 heavy (non-hydrogen) atoms. The van der Waals surface area contributed by atoms with Gasteiger partial charge in [0.25, 0.3) is 0 Å². The molecule has 0 amide bonds. The molecule has 1 fully saturated rings. The highest BCUT2D eigenvalue weighted by Crippen LogP contribution is 2.21. The van der Waals surface area contributed by atoms with Gasteiger partial charge in [-0.2, -0.15) is 0 Å². The Morgan fingerprint density at radius 3 is 2.58 bits per heavy atom. The van der Waals surface area contributed by atoms with Crippen LogP contribution in [0.3, 0.4) is 0 Å². The fraction of sp³-hybridized carbons (Fsp3) is 0.647. The second-order valence-corrected chi connectivity index (χ2v) is 5.64. The van der Waals surface area contributed by atoms with Gasteiger partial charge in [-0.05, 0) is 62.8 Å². The first-order chi connectivity index (χ1) is 9.22. The molecular formula is C17H27NO. The van der Waals surface area contributed by atoms with E-state index in [0.29, 0.717) is 12.1 Å². The summed E-state index contributed by atoms with van der Waals surface area (Å²) in [4.78, 5) is 0. The van der Waals surface area contributed by atoms with Crippen LogP contribution in [-0.4, -0.2) is 25.3 Å². The van der Waals surface area contributed by atoms with E-state index < -0.39 is 0 Å². The molecule has 2 heteroatoms. The van der Waals surface area contributed by atoms with Crippen molar-refractivity contribution < 1.29 is 4.74 Å². The van der Waals surface area contributed by atoms with Crippen LogP contribution in [0.4, 0.5) is 0 Å². The summed E-state index contributed by atoms with van der Waals surface area (Å²) in [5, 5.41) is 3.63. The van der Waals surface area contributed by atoms with Crippen molar-refractivity contribution in [3.63, 3.8) is 0 Å². The average molecular weight is 261 g/mol. The standard InChI is InChI=1S/C17H27NO/c1-4-18-16(17-10-5-6-11-19-17)12-15-13(2)8-7-9-14(15)3/h7-9,16-18H,4-6,10-12H2,1-3H3. The van der Waals surface area contributed by atoms with Crippen molar-refractivity contribution in [2.45, 2.75) is 58.6 Å². The molecule has 1 aromatic carbocycles. The number of hydrogen-bond donors (Lipinski definition) is 1. The molecule has 1 N–H and O–H groups in total. The molecule has 1 heterocycles. The van der Waals surface area contributed by atoms with Crippen molar-refractivity contribution in [1.29, 1.82) is 0 Å². The maximum absolute atomic E-state index is 5.98. The van der Waals surface area contributed by atoms with Crippen LogP contribution in [0.1, 0.15) is 42.9 Å². The number of hydrogen-bond acceptors (Lipinski definition) is 2. The molecule has 1 aliphatic rings. The topological polar surface area (TPSA) is 21.3 Å². The van der Waals surface area contributed by atoms with Gasteiger partial charge >= 0.3 is 0 Å². The van der Waals surface area contributed by atoms with E-state index in [-0.39, 0.29) is 0 Å². The van der Waals surface area contributed by atoms with Crippen molar-refractivity contribution in [3.05, 3.63) is 34.9 Å². The number of likely N-dealkylation sites (N-methyl/N-ethyl adjacent to an activating group) is 1. The first-order valence-electron chi connectivity index (χ1n) is 7.62. The molecule has 0 aromatic heterocycles. The second kappa shape index (κ2) is 7.06. The molecule has 1 aromatic rings. The minimum absolute atomic E-state index is 0.382. The maximum Gasteiger partial charge on any atom is 0.0731 e. The molecule has 2 nitrogen and oxygen atoms in total. The second-order valence-electron chi connectivity index (χ2n) is 5.64. The Labute approximate surface area is 117 Å². The lowest BCUT2D eigenvalue weighted by atomic mass is 9.91. The minimum atomic E-state index is 0.382. The predicted molar refractivity (Wildman–Crippen MR) is 80.7 cm³/mol. The van der Waals surface area contributed by atoms with Gasteiger partial charge in [-0.15, -0.1) is 0 Å². The third-order valence-electron chi connectivity index (χ3n) is 4.20. The van der Waals surface area contributed by atoms with Gasteiger partial charge in [0.1, 0.15) is 0 Å². The third-order valence-corrected chi connectivity index (χ3v) is 4.20. The van der Waals surface area contributed by atoms with Gasteiger partial charge in [-0.25, -0.2) is 0 Å². The molecule has 0 spiro atoms. The van der Waals surface area contributed by atoms with Crippen LogP contribution in [0.25, 0.3) is 0 Å². The Bertz CT molecular complexity index is 376. The Hall–Kier alpha value is -0.860. The van der Waals surface area contributed by atoms with Crippen molar-refractivity contribution in [3.8, 4) is 0 Å². The third kappa shape index (κ3) is 3.80. The number of benzene rings is 1. The monoisotopic (exact) mass is 261 g/mol. The van der Waals surface area contributed by atoms with E-state index in [9.17, 15) is 0 Å². The summed E-state index contributed by atoms with van der Waals surface area (Å²) in [5.41, 5.74) is 4.29. The average Bonchev–Trinajstić information content (AvgIpc) is 2.43. The molecule has 0 bridgehead atoms. The minimum Gasteiger partial charge on any atom is -0.377 e. The van der Waals surface area contributed by atoms with Gasteiger partial charge in [0.15, 0.2) is 0 Å². The molecule has 0 aliphatic carbocycles. The Kier molecular flexibility index (Phi) is 5.41. The van der Waals surface area contributed by atoms with Gasteiger partial charge < -0.3 is 10.1 Å². The van der Waals surface area contributed by atoms with Crippen LogP contribution in [0.15, 0.2) is 18.2 Å². The van der Waals surface area contributed by atoms with Crippen LogP contribution in [0.5, 0.6) is 0 Å². The summed E-state index contributed by atoms with van der Waals surface area (Å²) >= 11 is 0. The van der Waals surface area contributed by atoms with Crippen molar-refractivity contribution in [2.75, 3.05) is 13.2 Å². The van der Waals surface area contributed by atoms with Crippen LogP contribution in [0.2, 0.25) is 0 Å². The lowest BCUT2D eigenvalue weighted by molar-refractivity contribution is -0.00713. The van der Waals surface area contributed by atoms with Gasteiger partial charge in [-0.1, -0.05) is 25.1 Å². The summed E-state index contributed by atoms with van der Waals surface area (Å²) in [7, 11) is 0.